The molecule has 0 aliphatic rings. The van der Waals surface area contributed by atoms with Crippen LogP contribution in [-0.4, -0.2) is 36.7 Å². The highest BCUT2D eigenvalue weighted by atomic mass is 19.4. The molecule has 3 aromatic carbocycles. The summed E-state index contributed by atoms with van der Waals surface area (Å²) >= 11 is 0. The van der Waals surface area contributed by atoms with Gasteiger partial charge in [-0.05, 0) is 47.5 Å². The molecule has 39 heavy (non-hydrogen) atoms. The van der Waals surface area contributed by atoms with Crippen LogP contribution >= 0.6 is 0 Å². The van der Waals surface area contributed by atoms with Crippen LogP contribution in [0.1, 0.15) is 11.1 Å². The van der Waals surface area contributed by atoms with Crippen molar-refractivity contribution in [2.45, 2.75) is 38.2 Å². The number of anilines is 1. The van der Waals surface area contributed by atoms with E-state index in [-0.39, 0.29) is 30.2 Å². The summed E-state index contributed by atoms with van der Waals surface area (Å²) in [5, 5.41) is 9.67. The Bertz CT molecular complexity index is 1230. The molecular weight excluding hydrogens is 549 g/mol. The lowest BCUT2D eigenvalue weighted by Gasteiger charge is -2.29. The molecule has 5 nitrogen and oxygen atoms in total. The Balaban J connectivity index is 1.80. The molecule has 14 heteroatoms. The van der Waals surface area contributed by atoms with Crippen molar-refractivity contribution >= 4 is 5.69 Å². The van der Waals surface area contributed by atoms with Crippen LogP contribution in [0, 0.1) is 0 Å². The molecular formula is C25H20F9NO4. The van der Waals surface area contributed by atoms with Crippen LogP contribution in [0.2, 0.25) is 0 Å². The molecule has 0 radical (unpaired) electrons. The third-order valence-electron chi connectivity index (χ3n) is 5.00. The van der Waals surface area contributed by atoms with Gasteiger partial charge in [0, 0.05) is 18.3 Å². The average Bonchev–Trinajstić information content (AvgIpc) is 2.80. The molecule has 212 valence electrons. The van der Waals surface area contributed by atoms with Crippen LogP contribution in [-0.2, 0) is 13.2 Å². The molecule has 0 aliphatic carbocycles. The van der Waals surface area contributed by atoms with Crippen molar-refractivity contribution in [1.29, 1.82) is 0 Å². The number of hydrogen-bond acceptors (Lipinski definition) is 5. The lowest BCUT2D eigenvalue weighted by molar-refractivity contribution is -0.275. The van der Waals surface area contributed by atoms with Crippen LogP contribution < -0.4 is 19.1 Å². The van der Waals surface area contributed by atoms with Gasteiger partial charge in [0.1, 0.15) is 23.9 Å². The number of alkyl halides is 9. The maximum Gasteiger partial charge on any atom is 0.573 e. The van der Waals surface area contributed by atoms with E-state index in [9.17, 15) is 44.6 Å². The molecule has 3 rings (SSSR count). The highest BCUT2D eigenvalue weighted by Crippen LogP contribution is 2.30. The fourth-order valence-corrected chi connectivity index (χ4v) is 3.40. The normalized spacial score (nSPS) is 13.1. The number of hydrogen-bond donors (Lipinski definition) is 1. The van der Waals surface area contributed by atoms with Gasteiger partial charge in [-0.1, -0.05) is 30.3 Å². The Labute approximate surface area is 215 Å². The van der Waals surface area contributed by atoms with E-state index in [0.29, 0.717) is 5.56 Å². The van der Waals surface area contributed by atoms with Gasteiger partial charge in [-0.2, -0.15) is 13.2 Å². The predicted molar refractivity (Wildman–Crippen MR) is 120 cm³/mol. The number of halogens is 9. The second-order valence-corrected chi connectivity index (χ2v) is 8.11. The Morgan fingerprint density at radius 1 is 0.667 bits per heavy atom. The summed E-state index contributed by atoms with van der Waals surface area (Å²) < 4.78 is 128. The molecule has 1 N–H and O–H groups in total. The van der Waals surface area contributed by atoms with Crippen molar-refractivity contribution < 1.29 is 58.8 Å². The van der Waals surface area contributed by atoms with Gasteiger partial charge in [0.2, 0.25) is 0 Å². The maximum absolute atomic E-state index is 13.1. The van der Waals surface area contributed by atoms with E-state index in [1.165, 1.54) is 48.5 Å². The molecule has 0 spiro atoms. The predicted octanol–water partition coefficient (Wildman–Crippen LogP) is 6.99. The van der Waals surface area contributed by atoms with Crippen molar-refractivity contribution in [2.75, 3.05) is 11.4 Å². The Morgan fingerprint density at radius 3 is 1.74 bits per heavy atom. The van der Waals surface area contributed by atoms with E-state index in [4.69, 9.17) is 4.74 Å². The molecule has 1 unspecified atom stereocenters. The minimum atomic E-state index is -4.98. The molecule has 0 aromatic heterocycles. The highest BCUT2D eigenvalue weighted by molar-refractivity contribution is 5.52. The Kier molecular flexibility index (Phi) is 9.10. The second-order valence-electron chi connectivity index (χ2n) is 8.11. The minimum Gasteiger partial charge on any atom is -0.489 e. The lowest BCUT2D eigenvalue weighted by atomic mass is 10.1. The number of ether oxygens (including phenoxy) is 3. The maximum atomic E-state index is 13.1. The summed E-state index contributed by atoms with van der Waals surface area (Å²) in [6, 6.07) is 15.2. The zero-order chi connectivity index (χ0) is 28.8. The van der Waals surface area contributed by atoms with Gasteiger partial charge in [0.15, 0.2) is 6.10 Å². The van der Waals surface area contributed by atoms with Crippen molar-refractivity contribution in [3.8, 4) is 17.2 Å². The number of benzene rings is 3. The van der Waals surface area contributed by atoms with Crippen molar-refractivity contribution in [1.82, 2.24) is 0 Å². The minimum absolute atomic E-state index is 0.118. The fourth-order valence-electron chi connectivity index (χ4n) is 3.40. The van der Waals surface area contributed by atoms with Crippen molar-refractivity contribution in [2.24, 2.45) is 0 Å². The SMILES string of the molecule is OC(CN(Cc1cccc(OC(F)(F)F)c1)c1cccc(OCc2cccc(OC(F)(F)F)c2)c1)C(F)(F)F. The average molecular weight is 569 g/mol. The second kappa shape index (κ2) is 11.9. The largest absolute Gasteiger partial charge is 0.573 e. The fraction of sp³-hybridized carbons (Fsp3) is 0.280. The van der Waals surface area contributed by atoms with E-state index in [1.807, 2.05) is 0 Å². The topological polar surface area (TPSA) is 51.2 Å². The summed E-state index contributed by atoms with van der Waals surface area (Å²) in [5.74, 6) is -0.929. The van der Waals surface area contributed by atoms with E-state index in [0.717, 1.165) is 29.2 Å². The lowest BCUT2D eigenvalue weighted by Crippen LogP contribution is -2.40. The molecule has 0 aliphatic heterocycles. The first kappa shape index (κ1) is 29.7. The van der Waals surface area contributed by atoms with Crippen LogP contribution in [0.5, 0.6) is 17.2 Å². The Morgan fingerprint density at radius 2 is 1.18 bits per heavy atom. The van der Waals surface area contributed by atoms with E-state index >= 15 is 0 Å². The first-order valence-electron chi connectivity index (χ1n) is 11.0. The number of rotatable bonds is 10. The number of nitrogens with zero attached hydrogens (tertiary/aromatic N) is 1. The number of aliphatic hydroxyl groups excluding tert-OH is 1. The molecule has 0 bridgehead atoms. The third-order valence-corrected chi connectivity index (χ3v) is 5.00. The summed E-state index contributed by atoms with van der Waals surface area (Å²) in [7, 11) is 0. The number of aliphatic hydroxyl groups is 1. The van der Waals surface area contributed by atoms with E-state index in [2.05, 4.69) is 9.47 Å². The standard InChI is InChI=1S/C25H20F9NO4/c26-23(27,28)22(36)14-35(13-16-4-1-8-20(10-16)38-24(29,30)31)18-6-3-7-19(12-18)37-15-17-5-2-9-21(11-17)39-25(32,33)34/h1-12,22,36H,13-15H2. The Hall–Kier alpha value is -3.81. The summed E-state index contributed by atoms with van der Waals surface area (Å²) in [5.41, 5.74) is 0.569. The zero-order valence-electron chi connectivity index (χ0n) is 19.6. The third kappa shape index (κ3) is 10.1. The summed E-state index contributed by atoms with van der Waals surface area (Å²) in [6.07, 6.45) is -17.6. The van der Waals surface area contributed by atoms with Gasteiger partial charge in [-0.25, -0.2) is 0 Å². The molecule has 0 saturated heterocycles. The molecule has 0 amide bonds. The van der Waals surface area contributed by atoms with Crippen LogP contribution in [0.25, 0.3) is 0 Å². The smallest absolute Gasteiger partial charge is 0.489 e. The zero-order valence-corrected chi connectivity index (χ0v) is 19.6. The van der Waals surface area contributed by atoms with Crippen molar-refractivity contribution in [3.63, 3.8) is 0 Å². The molecule has 1 atom stereocenters. The van der Waals surface area contributed by atoms with E-state index < -0.39 is 43.0 Å². The van der Waals surface area contributed by atoms with Gasteiger partial charge in [0.05, 0.1) is 6.54 Å². The van der Waals surface area contributed by atoms with Gasteiger partial charge >= 0.3 is 18.9 Å². The van der Waals surface area contributed by atoms with Crippen molar-refractivity contribution in [3.05, 3.63) is 83.9 Å². The van der Waals surface area contributed by atoms with Crippen LogP contribution in [0.15, 0.2) is 72.8 Å². The first-order valence-corrected chi connectivity index (χ1v) is 11.0. The van der Waals surface area contributed by atoms with Gasteiger partial charge in [0.25, 0.3) is 0 Å². The molecule has 3 aromatic rings. The van der Waals surface area contributed by atoms with E-state index in [1.54, 1.807) is 0 Å². The quantitative estimate of drug-likeness (QED) is 0.267. The van der Waals surface area contributed by atoms with Crippen LogP contribution in [0.3, 0.4) is 0 Å². The molecule has 0 saturated carbocycles. The van der Waals surface area contributed by atoms with Gasteiger partial charge in [-0.15, -0.1) is 26.3 Å². The monoisotopic (exact) mass is 569 g/mol. The molecule has 0 fully saturated rings. The highest BCUT2D eigenvalue weighted by Gasteiger charge is 2.39. The van der Waals surface area contributed by atoms with Crippen LogP contribution in [0.4, 0.5) is 45.2 Å². The first-order chi connectivity index (χ1) is 18.1. The molecule has 0 heterocycles. The summed E-state index contributed by atoms with van der Waals surface area (Å²) in [6.45, 7) is -1.53. The summed E-state index contributed by atoms with van der Waals surface area (Å²) in [4.78, 5) is 1.08. The van der Waals surface area contributed by atoms with Gasteiger partial charge in [-0.3, -0.25) is 0 Å². The van der Waals surface area contributed by atoms with Gasteiger partial charge < -0.3 is 24.2 Å².